The summed E-state index contributed by atoms with van der Waals surface area (Å²) in [6, 6.07) is 1.15. The van der Waals surface area contributed by atoms with Crippen LogP contribution in [0.2, 0.25) is 0 Å². The van der Waals surface area contributed by atoms with Gasteiger partial charge in [-0.3, -0.25) is 15.1 Å². The molecule has 0 aliphatic heterocycles. The molecule has 0 unspecified atom stereocenters. The van der Waals surface area contributed by atoms with Gasteiger partial charge in [-0.2, -0.15) is 17.7 Å². The van der Waals surface area contributed by atoms with Gasteiger partial charge in [0.1, 0.15) is 0 Å². The first-order valence-electron chi connectivity index (χ1n) is 5.10. The number of nitrogens with zero attached hydrogens (tertiary/aromatic N) is 6. The molecule has 2 aromatic heterocycles. The lowest BCUT2D eigenvalue weighted by Gasteiger charge is -2.08. The quantitative estimate of drug-likeness (QED) is 0.497. The van der Waals surface area contributed by atoms with Crippen LogP contribution in [0.1, 0.15) is 5.56 Å². The molecular weight excluding hydrogens is 281 g/mol. The fourth-order valence-corrected chi connectivity index (χ4v) is 1.78. The third kappa shape index (κ3) is 1.71. The lowest BCUT2D eigenvalue weighted by Crippen LogP contribution is -2.07. The average molecular weight is 284 g/mol. The van der Waals surface area contributed by atoms with Crippen molar-refractivity contribution in [1.29, 1.82) is 0 Å². The van der Waals surface area contributed by atoms with Crippen LogP contribution in [-0.4, -0.2) is 29.9 Å². The van der Waals surface area contributed by atoms with Crippen molar-refractivity contribution in [2.24, 2.45) is 0 Å². The summed E-state index contributed by atoms with van der Waals surface area (Å²) in [6.45, 7) is 0. The highest BCUT2D eigenvalue weighted by Gasteiger charge is 2.34. The van der Waals surface area contributed by atoms with Gasteiger partial charge in [-0.05, 0) is 16.5 Å². The van der Waals surface area contributed by atoms with Gasteiger partial charge in [0.15, 0.2) is 11.2 Å². The van der Waals surface area contributed by atoms with Crippen molar-refractivity contribution >= 4 is 22.4 Å². The highest BCUT2D eigenvalue weighted by molar-refractivity contribution is 5.86. The average Bonchev–Trinajstić information content (AvgIpc) is 2.84. The SMILES string of the molecule is O=[N+]([O-])c1cc(C(F)(F)F)cc2ncc3nnnn3c12. The molecule has 0 aliphatic carbocycles. The number of tetrazole rings is 1. The molecule has 0 aliphatic rings. The summed E-state index contributed by atoms with van der Waals surface area (Å²) in [5.74, 6) is 0. The van der Waals surface area contributed by atoms with Crippen LogP contribution in [0.5, 0.6) is 0 Å². The number of alkyl halides is 3. The number of non-ortho nitro benzene ring substituents is 1. The summed E-state index contributed by atoms with van der Waals surface area (Å²) < 4.78 is 39.1. The van der Waals surface area contributed by atoms with E-state index in [9.17, 15) is 23.3 Å². The van der Waals surface area contributed by atoms with Crippen LogP contribution in [-0.2, 0) is 6.18 Å². The van der Waals surface area contributed by atoms with Crippen LogP contribution < -0.4 is 0 Å². The molecule has 0 saturated carbocycles. The van der Waals surface area contributed by atoms with E-state index in [1.807, 2.05) is 0 Å². The fourth-order valence-electron chi connectivity index (χ4n) is 1.78. The Hall–Kier alpha value is -2.85. The largest absolute Gasteiger partial charge is 0.416 e. The Morgan fingerprint density at radius 3 is 2.70 bits per heavy atom. The first kappa shape index (κ1) is 12.2. The summed E-state index contributed by atoms with van der Waals surface area (Å²) in [7, 11) is 0. The first-order valence-corrected chi connectivity index (χ1v) is 5.10. The maximum Gasteiger partial charge on any atom is 0.416 e. The van der Waals surface area contributed by atoms with Crippen molar-refractivity contribution in [2.45, 2.75) is 6.18 Å². The Kier molecular flexibility index (Phi) is 2.33. The molecule has 3 aromatic rings. The molecular formula is C9H3F3N6O2. The molecule has 0 radical (unpaired) electrons. The van der Waals surface area contributed by atoms with Crippen molar-refractivity contribution in [3.63, 3.8) is 0 Å². The van der Waals surface area contributed by atoms with E-state index in [1.165, 1.54) is 0 Å². The maximum absolute atomic E-state index is 12.7. The minimum absolute atomic E-state index is 0.0976. The number of nitro groups is 1. The molecule has 3 rings (SSSR count). The zero-order chi connectivity index (χ0) is 14.5. The molecule has 0 bridgehead atoms. The second kappa shape index (κ2) is 3.82. The molecule has 2 heterocycles. The summed E-state index contributed by atoms with van der Waals surface area (Å²) >= 11 is 0. The Morgan fingerprint density at radius 1 is 1.30 bits per heavy atom. The predicted molar refractivity (Wildman–Crippen MR) is 57.7 cm³/mol. The normalized spacial score (nSPS) is 12.2. The van der Waals surface area contributed by atoms with Crippen molar-refractivity contribution in [2.75, 3.05) is 0 Å². The zero-order valence-electron chi connectivity index (χ0n) is 9.37. The predicted octanol–water partition coefficient (Wildman–Crippen LogP) is 1.60. The van der Waals surface area contributed by atoms with Crippen molar-refractivity contribution in [3.8, 4) is 0 Å². The number of fused-ring (bicyclic) bond motifs is 3. The van der Waals surface area contributed by atoms with Crippen molar-refractivity contribution < 1.29 is 18.1 Å². The molecule has 0 saturated heterocycles. The smallest absolute Gasteiger partial charge is 0.258 e. The Balaban J connectivity index is 2.49. The standard InChI is InChI=1S/C9H3F3N6O2/c10-9(11,12)4-1-5-8(6(2-4)18(19)20)17-7(3-13-5)14-15-16-17/h1-3H. The molecule has 0 amide bonds. The third-order valence-corrected chi connectivity index (χ3v) is 2.62. The van der Waals surface area contributed by atoms with E-state index in [4.69, 9.17) is 0 Å². The molecule has 20 heavy (non-hydrogen) atoms. The lowest BCUT2D eigenvalue weighted by molar-refractivity contribution is -0.383. The second-order valence-electron chi connectivity index (χ2n) is 3.83. The Labute approximate surface area is 107 Å². The number of halogens is 3. The van der Waals surface area contributed by atoms with E-state index >= 15 is 0 Å². The number of hydrogen-bond acceptors (Lipinski definition) is 6. The van der Waals surface area contributed by atoms with Crippen LogP contribution in [0.4, 0.5) is 18.9 Å². The van der Waals surface area contributed by atoms with Gasteiger partial charge in [0.2, 0.25) is 0 Å². The number of hydrogen-bond donors (Lipinski definition) is 0. The second-order valence-corrected chi connectivity index (χ2v) is 3.83. The fraction of sp³-hybridized carbons (Fsp3) is 0.111. The summed E-state index contributed by atoms with van der Waals surface area (Å²) in [5.41, 5.74) is -2.23. The van der Waals surface area contributed by atoms with Crippen LogP contribution >= 0.6 is 0 Å². The number of aromatic nitrogens is 5. The van der Waals surface area contributed by atoms with E-state index in [0.717, 1.165) is 10.7 Å². The molecule has 11 heteroatoms. The van der Waals surface area contributed by atoms with Gasteiger partial charge in [-0.1, -0.05) is 0 Å². The maximum atomic E-state index is 12.7. The Bertz CT molecular complexity index is 843. The number of rotatable bonds is 1. The van der Waals surface area contributed by atoms with E-state index in [1.54, 1.807) is 0 Å². The van der Waals surface area contributed by atoms with Crippen LogP contribution in [0.3, 0.4) is 0 Å². The molecule has 0 N–H and O–H groups in total. The summed E-state index contributed by atoms with van der Waals surface area (Å²) in [4.78, 5) is 13.8. The monoisotopic (exact) mass is 284 g/mol. The van der Waals surface area contributed by atoms with E-state index < -0.39 is 22.4 Å². The summed E-state index contributed by atoms with van der Waals surface area (Å²) in [6.07, 6.45) is -3.58. The van der Waals surface area contributed by atoms with Gasteiger partial charge in [0, 0.05) is 6.07 Å². The van der Waals surface area contributed by atoms with Crippen LogP contribution in [0, 0.1) is 10.1 Å². The molecule has 1 aromatic carbocycles. The molecule has 0 atom stereocenters. The third-order valence-electron chi connectivity index (χ3n) is 2.62. The van der Waals surface area contributed by atoms with Crippen molar-refractivity contribution in [1.82, 2.24) is 25.0 Å². The molecule has 0 spiro atoms. The van der Waals surface area contributed by atoms with Crippen LogP contribution in [0.25, 0.3) is 16.7 Å². The van der Waals surface area contributed by atoms with Crippen molar-refractivity contribution in [3.05, 3.63) is 34.0 Å². The van der Waals surface area contributed by atoms with E-state index in [2.05, 4.69) is 20.5 Å². The van der Waals surface area contributed by atoms with Gasteiger partial charge >= 0.3 is 6.18 Å². The highest BCUT2D eigenvalue weighted by Crippen LogP contribution is 2.35. The number of benzene rings is 1. The highest BCUT2D eigenvalue weighted by atomic mass is 19.4. The zero-order valence-corrected chi connectivity index (χ0v) is 9.37. The molecule has 0 fully saturated rings. The Morgan fingerprint density at radius 2 is 2.05 bits per heavy atom. The molecule has 8 nitrogen and oxygen atoms in total. The lowest BCUT2D eigenvalue weighted by atomic mass is 10.1. The minimum Gasteiger partial charge on any atom is -0.258 e. The van der Waals surface area contributed by atoms with Gasteiger partial charge in [-0.25, -0.2) is 0 Å². The van der Waals surface area contributed by atoms with Gasteiger partial charge in [-0.15, -0.1) is 5.10 Å². The number of nitro benzene ring substituents is 1. The van der Waals surface area contributed by atoms with E-state index in [-0.39, 0.29) is 16.7 Å². The van der Waals surface area contributed by atoms with Crippen LogP contribution in [0.15, 0.2) is 18.3 Å². The van der Waals surface area contributed by atoms with Gasteiger partial charge in [0.25, 0.3) is 5.69 Å². The topological polar surface area (TPSA) is 99.1 Å². The summed E-state index contributed by atoms with van der Waals surface area (Å²) in [5, 5.41) is 21.3. The first-order chi connectivity index (χ1) is 9.38. The molecule has 102 valence electrons. The van der Waals surface area contributed by atoms with Gasteiger partial charge < -0.3 is 0 Å². The van der Waals surface area contributed by atoms with E-state index in [0.29, 0.717) is 12.1 Å². The van der Waals surface area contributed by atoms with Gasteiger partial charge in [0.05, 0.1) is 22.2 Å². The minimum atomic E-state index is -4.71.